The van der Waals surface area contributed by atoms with Crippen molar-refractivity contribution < 1.29 is 4.79 Å². The largest absolute Gasteiger partial charge is 0.365 e. The van der Waals surface area contributed by atoms with E-state index in [1.165, 1.54) is 56.5 Å². The lowest BCUT2D eigenvalue weighted by atomic mass is 9.78. The van der Waals surface area contributed by atoms with Gasteiger partial charge in [0.15, 0.2) is 5.78 Å². The monoisotopic (exact) mass is 401 g/mol. The molecule has 1 aliphatic carbocycles. The Morgan fingerprint density at radius 1 is 1.07 bits per heavy atom. The number of aromatic nitrogens is 2. The van der Waals surface area contributed by atoms with Crippen molar-refractivity contribution in [2.45, 2.75) is 51.5 Å². The second kappa shape index (κ2) is 8.73. The topological polar surface area (TPSA) is 49.0 Å². The van der Waals surface area contributed by atoms with Crippen LogP contribution in [-0.4, -0.2) is 33.7 Å². The summed E-state index contributed by atoms with van der Waals surface area (Å²) < 4.78 is 0. The zero-order valence-electron chi connectivity index (χ0n) is 17.6. The second-order valence-electron chi connectivity index (χ2n) is 9.19. The van der Waals surface area contributed by atoms with Gasteiger partial charge in [-0.2, -0.15) is 0 Å². The van der Waals surface area contributed by atoms with Gasteiger partial charge in [0.25, 0.3) is 0 Å². The third kappa shape index (κ3) is 4.20. The molecule has 0 bridgehead atoms. The number of fused-ring (bicyclic) bond motifs is 2. The lowest BCUT2D eigenvalue weighted by Gasteiger charge is -2.32. The molecular formula is C26H31N3O. The minimum absolute atomic E-state index is 0.285. The zero-order valence-corrected chi connectivity index (χ0v) is 17.6. The molecule has 0 spiro atoms. The van der Waals surface area contributed by atoms with E-state index in [1.54, 1.807) is 6.20 Å². The zero-order chi connectivity index (χ0) is 20.3. The second-order valence-corrected chi connectivity index (χ2v) is 9.19. The summed E-state index contributed by atoms with van der Waals surface area (Å²) in [7, 11) is 0. The van der Waals surface area contributed by atoms with Crippen molar-refractivity contribution in [2.24, 2.45) is 11.8 Å². The standard InChI is InChI=1S/C26H31N3O/c30-26(23-3-1-5-25-22(23)4-2-13-27-25)17-20-8-6-19(7-9-20)11-15-29-16-12-24-21(18-29)10-14-28-24/h1-5,10,13-14,19-20,28H,6-9,11-12,15-18H2. The summed E-state index contributed by atoms with van der Waals surface area (Å²) in [5, 5.41) is 0.991. The first-order valence-electron chi connectivity index (χ1n) is 11.5. The third-order valence-corrected chi connectivity index (χ3v) is 7.24. The summed E-state index contributed by atoms with van der Waals surface area (Å²) in [4.78, 5) is 23.4. The summed E-state index contributed by atoms with van der Waals surface area (Å²) in [5.41, 5.74) is 4.67. The van der Waals surface area contributed by atoms with E-state index in [0.717, 1.165) is 35.3 Å². The van der Waals surface area contributed by atoms with Gasteiger partial charge in [0, 0.05) is 55.0 Å². The van der Waals surface area contributed by atoms with Crippen LogP contribution in [0.15, 0.2) is 48.8 Å². The molecule has 156 valence electrons. The highest BCUT2D eigenvalue weighted by Gasteiger charge is 2.25. The predicted octanol–water partition coefficient (Wildman–Crippen LogP) is 5.39. The van der Waals surface area contributed by atoms with Gasteiger partial charge < -0.3 is 4.98 Å². The molecule has 0 unspecified atom stereocenters. The molecule has 1 fully saturated rings. The third-order valence-electron chi connectivity index (χ3n) is 7.24. The van der Waals surface area contributed by atoms with E-state index in [1.807, 2.05) is 30.3 Å². The fourth-order valence-electron chi connectivity index (χ4n) is 5.41. The molecule has 0 atom stereocenters. The van der Waals surface area contributed by atoms with Crippen molar-refractivity contribution in [3.8, 4) is 0 Å². The minimum Gasteiger partial charge on any atom is -0.365 e. The number of hydrogen-bond donors (Lipinski definition) is 1. The summed E-state index contributed by atoms with van der Waals surface area (Å²) in [6.45, 7) is 3.49. The van der Waals surface area contributed by atoms with Gasteiger partial charge in [-0.3, -0.25) is 14.7 Å². The molecule has 1 saturated carbocycles. The molecule has 0 radical (unpaired) electrons. The number of H-pyrrole nitrogens is 1. The van der Waals surface area contributed by atoms with E-state index in [4.69, 9.17) is 0 Å². The van der Waals surface area contributed by atoms with Gasteiger partial charge in [-0.1, -0.05) is 31.0 Å². The van der Waals surface area contributed by atoms with Gasteiger partial charge in [-0.15, -0.1) is 0 Å². The van der Waals surface area contributed by atoms with Crippen LogP contribution in [0, 0.1) is 11.8 Å². The highest BCUT2D eigenvalue weighted by Crippen LogP contribution is 2.34. The number of hydrogen-bond acceptors (Lipinski definition) is 3. The quantitative estimate of drug-likeness (QED) is 0.563. The van der Waals surface area contributed by atoms with Crippen LogP contribution >= 0.6 is 0 Å². The summed E-state index contributed by atoms with van der Waals surface area (Å²) in [5.74, 6) is 1.65. The molecule has 30 heavy (non-hydrogen) atoms. The van der Waals surface area contributed by atoms with E-state index in [-0.39, 0.29) is 5.78 Å². The highest BCUT2D eigenvalue weighted by atomic mass is 16.1. The first-order chi connectivity index (χ1) is 14.8. The van der Waals surface area contributed by atoms with Crippen LogP contribution in [0.1, 0.15) is 60.1 Å². The Morgan fingerprint density at radius 3 is 2.83 bits per heavy atom. The maximum Gasteiger partial charge on any atom is 0.163 e. The van der Waals surface area contributed by atoms with Crippen molar-refractivity contribution in [3.63, 3.8) is 0 Å². The van der Waals surface area contributed by atoms with Crippen LogP contribution in [0.5, 0.6) is 0 Å². The Kier molecular flexibility index (Phi) is 5.67. The number of aromatic amines is 1. The number of carbonyl (C=O) groups is 1. The molecule has 0 saturated heterocycles. The van der Waals surface area contributed by atoms with Crippen molar-refractivity contribution >= 4 is 16.7 Å². The molecule has 1 aromatic carbocycles. The fourth-order valence-corrected chi connectivity index (χ4v) is 5.41. The van der Waals surface area contributed by atoms with Gasteiger partial charge in [-0.05, 0) is 61.4 Å². The van der Waals surface area contributed by atoms with Crippen LogP contribution < -0.4 is 0 Å². The number of nitrogens with one attached hydrogen (secondary N) is 1. The summed E-state index contributed by atoms with van der Waals surface area (Å²) in [6.07, 6.45) is 11.9. The summed E-state index contributed by atoms with van der Waals surface area (Å²) in [6, 6.07) is 12.1. The number of ketones is 1. The number of benzene rings is 1. The van der Waals surface area contributed by atoms with E-state index < -0.39 is 0 Å². The van der Waals surface area contributed by atoms with E-state index >= 15 is 0 Å². The number of Topliss-reactive ketones (excluding diaryl/α,β-unsaturated/α-hetero) is 1. The molecule has 3 heterocycles. The lowest BCUT2D eigenvalue weighted by molar-refractivity contribution is 0.0941. The number of carbonyl (C=O) groups excluding carboxylic acids is 1. The van der Waals surface area contributed by atoms with Gasteiger partial charge in [-0.25, -0.2) is 0 Å². The smallest absolute Gasteiger partial charge is 0.163 e. The summed E-state index contributed by atoms with van der Waals surface area (Å²) >= 11 is 0. The highest BCUT2D eigenvalue weighted by molar-refractivity contribution is 6.07. The fraction of sp³-hybridized carbons (Fsp3) is 0.462. The van der Waals surface area contributed by atoms with Crippen molar-refractivity contribution in [2.75, 3.05) is 13.1 Å². The average molecular weight is 402 g/mol. The normalized spacial score (nSPS) is 22.1. The molecule has 1 N–H and O–H groups in total. The Labute approximate surface area is 178 Å². The van der Waals surface area contributed by atoms with E-state index in [0.29, 0.717) is 12.3 Å². The van der Waals surface area contributed by atoms with Crippen molar-refractivity contribution in [3.05, 3.63) is 65.6 Å². The average Bonchev–Trinajstić information content (AvgIpc) is 3.26. The number of nitrogens with zero attached hydrogens (tertiary/aromatic N) is 2. The molecule has 1 aliphatic heterocycles. The van der Waals surface area contributed by atoms with Crippen molar-refractivity contribution in [1.29, 1.82) is 0 Å². The SMILES string of the molecule is O=C(CC1CCC(CCN2CCc3[nH]ccc3C2)CC1)c1cccc2ncccc12. The first-order valence-corrected chi connectivity index (χ1v) is 11.5. The molecule has 4 heteroatoms. The maximum absolute atomic E-state index is 13.0. The molecule has 2 aliphatic rings. The maximum atomic E-state index is 13.0. The Balaban J connectivity index is 1.10. The minimum atomic E-state index is 0.285. The van der Waals surface area contributed by atoms with Gasteiger partial charge in [0.05, 0.1) is 5.52 Å². The van der Waals surface area contributed by atoms with Crippen molar-refractivity contribution in [1.82, 2.24) is 14.9 Å². The van der Waals surface area contributed by atoms with E-state index in [2.05, 4.69) is 27.1 Å². The van der Waals surface area contributed by atoms with Gasteiger partial charge >= 0.3 is 0 Å². The molecule has 5 rings (SSSR count). The molecule has 4 nitrogen and oxygen atoms in total. The van der Waals surface area contributed by atoms with Gasteiger partial charge in [0.2, 0.25) is 0 Å². The first kappa shape index (κ1) is 19.5. The van der Waals surface area contributed by atoms with Crippen LogP contribution in [0.3, 0.4) is 0 Å². The number of rotatable bonds is 6. The molecule has 3 aromatic rings. The lowest BCUT2D eigenvalue weighted by Crippen LogP contribution is -2.32. The van der Waals surface area contributed by atoms with Crippen LogP contribution in [0.25, 0.3) is 10.9 Å². The Hall–Kier alpha value is -2.46. The van der Waals surface area contributed by atoms with Crippen LogP contribution in [-0.2, 0) is 13.0 Å². The molecule has 2 aromatic heterocycles. The Morgan fingerprint density at radius 2 is 1.93 bits per heavy atom. The number of pyridine rings is 1. The molecular weight excluding hydrogens is 370 g/mol. The predicted molar refractivity (Wildman–Crippen MR) is 121 cm³/mol. The van der Waals surface area contributed by atoms with Crippen LogP contribution in [0.2, 0.25) is 0 Å². The van der Waals surface area contributed by atoms with Crippen LogP contribution in [0.4, 0.5) is 0 Å². The molecule has 0 amide bonds. The van der Waals surface area contributed by atoms with Gasteiger partial charge in [0.1, 0.15) is 0 Å². The van der Waals surface area contributed by atoms with E-state index in [9.17, 15) is 4.79 Å². The Bertz CT molecular complexity index is 1010.